The van der Waals surface area contributed by atoms with Crippen molar-refractivity contribution in [3.8, 4) is 11.5 Å². The van der Waals surface area contributed by atoms with Crippen LogP contribution in [-0.4, -0.2) is 15.9 Å². The van der Waals surface area contributed by atoms with Crippen molar-refractivity contribution in [1.29, 1.82) is 0 Å². The molecule has 1 N–H and O–H groups in total. The Kier molecular flexibility index (Phi) is 3.91. The fraction of sp³-hybridized carbons (Fsp3) is 0.0625. The maximum atomic E-state index is 12.9. The van der Waals surface area contributed by atoms with Crippen molar-refractivity contribution in [2.75, 3.05) is 0 Å². The lowest BCUT2D eigenvalue weighted by Crippen LogP contribution is -2.23. The molecule has 0 fully saturated rings. The summed E-state index contributed by atoms with van der Waals surface area (Å²) in [6.45, 7) is 0.195. The molecule has 0 spiro atoms. The van der Waals surface area contributed by atoms with Gasteiger partial charge in [-0.25, -0.2) is 9.37 Å². The van der Waals surface area contributed by atoms with Crippen LogP contribution in [0.15, 0.2) is 59.5 Å². The minimum Gasteiger partial charge on any atom is -0.463 e. The highest BCUT2D eigenvalue weighted by atomic mass is 19.1. The topological polar surface area (TPSA) is 68.0 Å². The molecule has 6 heteroatoms. The minimum absolute atomic E-state index is 0.195. The number of carbonyl (C=O) groups excluding carboxylic acids is 1. The first-order valence-electron chi connectivity index (χ1n) is 6.61. The van der Waals surface area contributed by atoms with Gasteiger partial charge in [-0.05, 0) is 36.4 Å². The number of carbonyl (C=O) groups is 1. The third kappa shape index (κ3) is 3.01. The molecule has 1 amide bonds. The maximum Gasteiger partial charge on any atom is 0.251 e. The zero-order chi connectivity index (χ0) is 15.4. The average Bonchev–Trinajstić information content (AvgIpc) is 3.08. The first-order chi connectivity index (χ1) is 10.7. The highest BCUT2D eigenvalue weighted by molar-refractivity contribution is 5.94. The van der Waals surface area contributed by atoms with Gasteiger partial charge in [0.1, 0.15) is 11.5 Å². The van der Waals surface area contributed by atoms with Gasteiger partial charge in [-0.3, -0.25) is 9.78 Å². The molecular formula is C16H12FN3O2. The van der Waals surface area contributed by atoms with Crippen LogP contribution in [0.25, 0.3) is 11.5 Å². The Balaban J connectivity index is 1.74. The Morgan fingerprint density at radius 2 is 1.91 bits per heavy atom. The van der Waals surface area contributed by atoms with Crippen LogP contribution in [0.5, 0.6) is 0 Å². The van der Waals surface area contributed by atoms with Gasteiger partial charge in [0.2, 0.25) is 0 Å². The molecule has 2 heterocycles. The molecule has 0 aliphatic heterocycles. The molecule has 3 rings (SSSR count). The molecule has 3 aromatic rings. The monoisotopic (exact) mass is 297 g/mol. The molecule has 0 aliphatic rings. The summed E-state index contributed by atoms with van der Waals surface area (Å²) >= 11 is 0. The normalized spacial score (nSPS) is 10.4. The number of benzene rings is 1. The number of amides is 1. The predicted molar refractivity (Wildman–Crippen MR) is 77.3 cm³/mol. The summed E-state index contributed by atoms with van der Waals surface area (Å²) in [5.74, 6) is -0.110. The van der Waals surface area contributed by atoms with Gasteiger partial charge >= 0.3 is 0 Å². The van der Waals surface area contributed by atoms with Crippen LogP contribution in [0.2, 0.25) is 0 Å². The second kappa shape index (κ2) is 6.17. The lowest BCUT2D eigenvalue weighted by atomic mass is 10.2. The van der Waals surface area contributed by atoms with Crippen LogP contribution < -0.4 is 5.32 Å². The summed E-state index contributed by atoms with van der Waals surface area (Å²) in [5, 5.41) is 2.73. The van der Waals surface area contributed by atoms with Crippen LogP contribution >= 0.6 is 0 Å². The largest absolute Gasteiger partial charge is 0.463 e. The van der Waals surface area contributed by atoms with Crippen molar-refractivity contribution in [3.05, 3.63) is 72.1 Å². The lowest BCUT2D eigenvalue weighted by molar-refractivity contribution is 0.0950. The number of aromatic nitrogens is 2. The Morgan fingerprint density at radius 3 is 2.64 bits per heavy atom. The first-order valence-corrected chi connectivity index (χ1v) is 6.61. The number of nitrogens with zero attached hydrogens (tertiary/aromatic N) is 2. The zero-order valence-electron chi connectivity index (χ0n) is 11.5. The fourth-order valence-corrected chi connectivity index (χ4v) is 1.98. The molecule has 0 bridgehead atoms. The highest BCUT2D eigenvalue weighted by Crippen LogP contribution is 2.19. The molecule has 0 unspecified atom stereocenters. The molecular weight excluding hydrogens is 285 g/mol. The third-order valence-corrected chi connectivity index (χ3v) is 3.05. The SMILES string of the molecule is O=C(NCc1nccnc1-c1ccco1)c1ccc(F)cc1. The molecule has 1 aromatic carbocycles. The number of rotatable bonds is 4. The average molecular weight is 297 g/mol. The van der Waals surface area contributed by atoms with Gasteiger partial charge in [-0.2, -0.15) is 0 Å². The van der Waals surface area contributed by atoms with E-state index in [4.69, 9.17) is 4.42 Å². The zero-order valence-corrected chi connectivity index (χ0v) is 11.5. The highest BCUT2D eigenvalue weighted by Gasteiger charge is 2.12. The van der Waals surface area contributed by atoms with Crippen LogP contribution in [0.1, 0.15) is 16.1 Å². The van der Waals surface area contributed by atoms with E-state index in [9.17, 15) is 9.18 Å². The standard InChI is InChI=1S/C16H12FN3O2/c17-12-5-3-11(4-6-12)16(21)20-10-13-15(19-8-7-18-13)14-2-1-9-22-14/h1-9H,10H2,(H,20,21). The van der Waals surface area contributed by atoms with Gasteiger partial charge in [0, 0.05) is 18.0 Å². The van der Waals surface area contributed by atoms with E-state index in [2.05, 4.69) is 15.3 Å². The molecule has 22 heavy (non-hydrogen) atoms. The van der Waals surface area contributed by atoms with Gasteiger partial charge in [-0.1, -0.05) is 0 Å². The number of halogens is 1. The van der Waals surface area contributed by atoms with E-state index < -0.39 is 0 Å². The number of nitrogens with one attached hydrogen (secondary N) is 1. The van der Waals surface area contributed by atoms with Crippen LogP contribution in [-0.2, 0) is 6.54 Å². The molecule has 0 aliphatic carbocycles. The molecule has 5 nitrogen and oxygen atoms in total. The number of hydrogen-bond acceptors (Lipinski definition) is 4. The first kappa shape index (κ1) is 13.9. The Bertz CT molecular complexity index is 770. The van der Waals surface area contributed by atoms with E-state index in [1.54, 1.807) is 30.8 Å². The van der Waals surface area contributed by atoms with Gasteiger partial charge in [0.05, 0.1) is 18.5 Å². The van der Waals surface area contributed by atoms with Crippen molar-refractivity contribution >= 4 is 5.91 Å². The smallest absolute Gasteiger partial charge is 0.251 e. The molecule has 0 atom stereocenters. The lowest BCUT2D eigenvalue weighted by Gasteiger charge is -2.07. The summed E-state index contributed by atoms with van der Waals surface area (Å²) in [4.78, 5) is 20.5. The summed E-state index contributed by atoms with van der Waals surface area (Å²) in [6.07, 6.45) is 4.65. The Hall–Kier alpha value is -3.02. The van der Waals surface area contributed by atoms with Crippen molar-refractivity contribution < 1.29 is 13.6 Å². The van der Waals surface area contributed by atoms with Crippen molar-refractivity contribution in [1.82, 2.24) is 15.3 Å². The van der Waals surface area contributed by atoms with E-state index in [1.807, 2.05) is 0 Å². The third-order valence-electron chi connectivity index (χ3n) is 3.05. The maximum absolute atomic E-state index is 12.9. The summed E-state index contributed by atoms with van der Waals surface area (Å²) in [5.41, 5.74) is 1.55. The Labute approximate surface area is 125 Å². The van der Waals surface area contributed by atoms with Crippen LogP contribution in [0.4, 0.5) is 4.39 Å². The minimum atomic E-state index is -0.384. The quantitative estimate of drug-likeness (QED) is 0.804. The van der Waals surface area contributed by atoms with E-state index in [0.29, 0.717) is 22.7 Å². The van der Waals surface area contributed by atoms with Crippen molar-refractivity contribution in [2.24, 2.45) is 0 Å². The fourth-order valence-electron chi connectivity index (χ4n) is 1.98. The summed E-state index contributed by atoms with van der Waals surface area (Å²) in [6, 6.07) is 8.86. The second-order valence-corrected chi connectivity index (χ2v) is 4.52. The van der Waals surface area contributed by atoms with Crippen LogP contribution in [0.3, 0.4) is 0 Å². The van der Waals surface area contributed by atoms with E-state index in [1.165, 1.54) is 24.3 Å². The van der Waals surface area contributed by atoms with Gasteiger partial charge in [0.25, 0.3) is 5.91 Å². The Morgan fingerprint density at radius 1 is 1.14 bits per heavy atom. The molecule has 110 valence electrons. The molecule has 2 aromatic heterocycles. The van der Waals surface area contributed by atoms with E-state index in [0.717, 1.165) is 0 Å². The molecule has 0 saturated heterocycles. The van der Waals surface area contributed by atoms with Crippen LogP contribution in [0, 0.1) is 5.82 Å². The van der Waals surface area contributed by atoms with E-state index >= 15 is 0 Å². The number of furan rings is 1. The predicted octanol–water partition coefficient (Wildman–Crippen LogP) is 2.81. The van der Waals surface area contributed by atoms with Crippen molar-refractivity contribution in [3.63, 3.8) is 0 Å². The second-order valence-electron chi connectivity index (χ2n) is 4.52. The molecule has 0 radical (unpaired) electrons. The van der Waals surface area contributed by atoms with E-state index in [-0.39, 0.29) is 18.3 Å². The van der Waals surface area contributed by atoms with Gasteiger partial charge in [0.15, 0.2) is 5.76 Å². The van der Waals surface area contributed by atoms with Crippen molar-refractivity contribution in [2.45, 2.75) is 6.54 Å². The summed E-state index contributed by atoms with van der Waals surface area (Å²) < 4.78 is 18.2. The van der Waals surface area contributed by atoms with Gasteiger partial charge < -0.3 is 9.73 Å². The van der Waals surface area contributed by atoms with Gasteiger partial charge in [-0.15, -0.1) is 0 Å². The molecule has 0 saturated carbocycles. The summed E-state index contributed by atoms with van der Waals surface area (Å²) in [7, 11) is 0. The number of hydrogen-bond donors (Lipinski definition) is 1.